The smallest absolute Gasteiger partial charge is 0.0648 e. The first-order valence-corrected chi connectivity index (χ1v) is 9.99. The van der Waals surface area contributed by atoms with Gasteiger partial charge in [0.2, 0.25) is 0 Å². The summed E-state index contributed by atoms with van der Waals surface area (Å²) in [6.07, 6.45) is 6.98. The molecule has 0 aromatic heterocycles. The number of hydrogen-bond acceptors (Lipinski definition) is 2. The van der Waals surface area contributed by atoms with Gasteiger partial charge >= 0.3 is 0 Å². The molecule has 3 aliphatic rings. The maximum atomic E-state index is 2.57. The van der Waals surface area contributed by atoms with Crippen molar-refractivity contribution in [2.45, 2.75) is 55.4 Å². The highest BCUT2D eigenvalue weighted by atomic mass is 32.2. The molecule has 2 heteroatoms. The van der Waals surface area contributed by atoms with Crippen LogP contribution in [0.15, 0.2) is 18.2 Å². The molecule has 4 rings (SSSR count). The molecule has 1 aliphatic heterocycles. The molecule has 0 unspecified atom stereocenters. The minimum Gasteiger partial charge on any atom is -0.143 e. The van der Waals surface area contributed by atoms with Crippen molar-refractivity contribution in [3.63, 3.8) is 0 Å². The van der Waals surface area contributed by atoms with Crippen LogP contribution in [0.4, 0.5) is 0 Å². The molecule has 2 atom stereocenters. The van der Waals surface area contributed by atoms with Crippen LogP contribution in [0.3, 0.4) is 0 Å². The highest BCUT2D eigenvalue weighted by Crippen LogP contribution is 2.64. The van der Waals surface area contributed by atoms with E-state index in [0.29, 0.717) is 9.49 Å². The minimum absolute atomic E-state index is 0.434. The summed E-state index contributed by atoms with van der Waals surface area (Å²) >= 11 is 4.58. The first kappa shape index (κ1) is 13.6. The Morgan fingerprint density at radius 3 is 2.75 bits per heavy atom. The van der Waals surface area contributed by atoms with E-state index in [4.69, 9.17) is 0 Å². The van der Waals surface area contributed by atoms with Crippen LogP contribution in [0.1, 0.15) is 49.3 Å². The molecule has 2 fully saturated rings. The molecule has 1 heterocycles. The van der Waals surface area contributed by atoms with Gasteiger partial charge in [-0.1, -0.05) is 37.1 Å². The fraction of sp³-hybridized carbons (Fsp3) is 0.667. The standard InChI is InChI=1S/C18H24S2/c1-13-4-6-15-14(12-13)5-7-16-17(15,2)8-3-9-18(16)19-10-11-20-18/h4,6,12,16H,3,5,7-11H2,1-2H3/t16-,17-/m1/s1. The van der Waals surface area contributed by atoms with Gasteiger partial charge in [0, 0.05) is 11.5 Å². The fourth-order valence-electron chi connectivity index (χ4n) is 5.00. The molecular weight excluding hydrogens is 280 g/mol. The summed E-state index contributed by atoms with van der Waals surface area (Å²) in [6.45, 7) is 4.81. The van der Waals surface area contributed by atoms with E-state index >= 15 is 0 Å². The second-order valence-corrected chi connectivity index (χ2v) is 10.1. The van der Waals surface area contributed by atoms with E-state index in [1.165, 1.54) is 49.2 Å². The number of thioether (sulfide) groups is 2. The normalized spacial score (nSPS) is 34.8. The maximum Gasteiger partial charge on any atom is 0.0648 e. The lowest BCUT2D eigenvalue weighted by atomic mass is 9.58. The van der Waals surface area contributed by atoms with Crippen molar-refractivity contribution in [2.24, 2.45) is 5.92 Å². The van der Waals surface area contributed by atoms with Crippen LogP contribution in [0.5, 0.6) is 0 Å². The van der Waals surface area contributed by atoms with Crippen molar-refractivity contribution in [3.8, 4) is 0 Å². The molecule has 0 N–H and O–H groups in total. The average Bonchev–Trinajstić information content (AvgIpc) is 2.87. The molecule has 0 nitrogen and oxygen atoms in total. The Hall–Kier alpha value is -0.0800. The highest BCUT2D eigenvalue weighted by molar-refractivity contribution is 8.21. The summed E-state index contributed by atoms with van der Waals surface area (Å²) in [4.78, 5) is 0. The average molecular weight is 305 g/mol. The fourth-order valence-corrected chi connectivity index (χ4v) is 8.93. The van der Waals surface area contributed by atoms with Gasteiger partial charge < -0.3 is 0 Å². The quantitative estimate of drug-likeness (QED) is 0.648. The molecule has 1 saturated heterocycles. The van der Waals surface area contributed by atoms with E-state index < -0.39 is 0 Å². The van der Waals surface area contributed by atoms with Crippen LogP contribution in [-0.4, -0.2) is 15.6 Å². The van der Waals surface area contributed by atoms with E-state index in [1.807, 2.05) is 0 Å². The zero-order chi connectivity index (χ0) is 13.8. The van der Waals surface area contributed by atoms with Gasteiger partial charge in [0.25, 0.3) is 0 Å². The third kappa shape index (κ3) is 1.83. The van der Waals surface area contributed by atoms with Crippen LogP contribution in [-0.2, 0) is 11.8 Å². The van der Waals surface area contributed by atoms with E-state index in [9.17, 15) is 0 Å². The summed E-state index contributed by atoms with van der Waals surface area (Å²) in [5, 5.41) is 0. The third-order valence-electron chi connectivity index (χ3n) is 5.88. The zero-order valence-corrected chi connectivity index (χ0v) is 14.2. The van der Waals surface area contributed by atoms with Crippen molar-refractivity contribution in [1.29, 1.82) is 0 Å². The van der Waals surface area contributed by atoms with Crippen molar-refractivity contribution < 1.29 is 0 Å². The zero-order valence-electron chi connectivity index (χ0n) is 12.6. The summed E-state index contributed by atoms with van der Waals surface area (Å²) in [5.41, 5.74) is 5.20. The molecule has 0 radical (unpaired) electrons. The molecular formula is C18H24S2. The van der Waals surface area contributed by atoms with Gasteiger partial charge in [0.1, 0.15) is 0 Å². The van der Waals surface area contributed by atoms with Crippen LogP contribution < -0.4 is 0 Å². The predicted molar refractivity (Wildman–Crippen MR) is 91.8 cm³/mol. The number of benzene rings is 1. The van der Waals surface area contributed by atoms with Crippen LogP contribution in [0.25, 0.3) is 0 Å². The minimum atomic E-state index is 0.434. The Kier molecular flexibility index (Phi) is 3.20. The van der Waals surface area contributed by atoms with E-state index in [0.717, 1.165) is 5.92 Å². The van der Waals surface area contributed by atoms with Crippen LogP contribution >= 0.6 is 23.5 Å². The van der Waals surface area contributed by atoms with Gasteiger partial charge in [-0.2, -0.15) is 0 Å². The van der Waals surface area contributed by atoms with E-state index in [2.05, 4.69) is 55.6 Å². The lowest BCUT2D eigenvalue weighted by molar-refractivity contribution is 0.173. The van der Waals surface area contributed by atoms with Gasteiger partial charge in [-0.3, -0.25) is 0 Å². The Morgan fingerprint density at radius 1 is 1.15 bits per heavy atom. The molecule has 1 aromatic rings. The largest absolute Gasteiger partial charge is 0.143 e. The molecule has 0 bridgehead atoms. The Labute approximate surface area is 131 Å². The van der Waals surface area contributed by atoms with Crippen molar-refractivity contribution in [1.82, 2.24) is 0 Å². The molecule has 1 spiro atoms. The second-order valence-electron chi connectivity index (χ2n) is 7.03. The van der Waals surface area contributed by atoms with Gasteiger partial charge in [0.15, 0.2) is 0 Å². The molecule has 108 valence electrons. The SMILES string of the molecule is Cc1ccc2c(c1)CC[C@H]1C3(CCC[C@]21C)SCCS3. The van der Waals surface area contributed by atoms with Gasteiger partial charge in [-0.05, 0) is 55.1 Å². The third-order valence-corrected chi connectivity index (χ3v) is 9.61. The van der Waals surface area contributed by atoms with Crippen LogP contribution in [0, 0.1) is 12.8 Å². The maximum absolute atomic E-state index is 2.57. The van der Waals surface area contributed by atoms with Crippen LogP contribution in [0.2, 0.25) is 0 Å². The Balaban J connectivity index is 1.81. The number of rotatable bonds is 0. The van der Waals surface area contributed by atoms with Crippen molar-refractivity contribution in [3.05, 3.63) is 34.9 Å². The number of hydrogen-bond donors (Lipinski definition) is 0. The lowest BCUT2D eigenvalue weighted by Gasteiger charge is -2.54. The van der Waals surface area contributed by atoms with E-state index in [-0.39, 0.29) is 0 Å². The predicted octanol–water partition coefficient (Wildman–Crippen LogP) is 5.18. The van der Waals surface area contributed by atoms with Gasteiger partial charge in [-0.15, -0.1) is 23.5 Å². The summed E-state index contributed by atoms with van der Waals surface area (Å²) in [5.74, 6) is 3.63. The molecule has 20 heavy (non-hydrogen) atoms. The summed E-state index contributed by atoms with van der Waals surface area (Å²) in [6, 6.07) is 7.25. The van der Waals surface area contributed by atoms with Gasteiger partial charge in [-0.25, -0.2) is 0 Å². The van der Waals surface area contributed by atoms with Gasteiger partial charge in [0.05, 0.1) is 4.08 Å². The second kappa shape index (κ2) is 4.71. The lowest BCUT2D eigenvalue weighted by Crippen LogP contribution is -2.50. The summed E-state index contributed by atoms with van der Waals surface area (Å²) in [7, 11) is 0. The molecule has 2 aliphatic carbocycles. The monoisotopic (exact) mass is 304 g/mol. The first-order chi connectivity index (χ1) is 9.64. The molecule has 0 amide bonds. The summed E-state index contributed by atoms with van der Waals surface area (Å²) < 4.78 is 0.551. The Bertz CT molecular complexity index is 530. The highest BCUT2D eigenvalue weighted by Gasteiger charge is 2.55. The molecule has 1 saturated carbocycles. The topological polar surface area (TPSA) is 0 Å². The van der Waals surface area contributed by atoms with Crippen molar-refractivity contribution >= 4 is 23.5 Å². The molecule has 1 aromatic carbocycles. The Morgan fingerprint density at radius 2 is 1.95 bits per heavy atom. The first-order valence-electron chi connectivity index (χ1n) is 8.02. The number of fused-ring (bicyclic) bond motifs is 4. The number of aryl methyl sites for hydroxylation is 2. The van der Waals surface area contributed by atoms with E-state index in [1.54, 1.807) is 11.1 Å². The van der Waals surface area contributed by atoms with Crippen molar-refractivity contribution in [2.75, 3.05) is 11.5 Å².